The first kappa shape index (κ1) is 16.1. The average molecular weight is 344 g/mol. The second kappa shape index (κ2) is 6.04. The first-order valence-electron chi connectivity index (χ1n) is 7.27. The highest BCUT2D eigenvalue weighted by Crippen LogP contribution is 2.29. The summed E-state index contributed by atoms with van der Waals surface area (Å²) in [5, 5.41) is 6.87. The van der Waals surface area contributed by atoms with Crippen LogP contribution in [0.4, 0.5) is 0 Å². The summed E-state index contributed by atoms with van der Waals surface area (Å²) in [7, 11) is 1.77. The van der Waals surface area contributed by atoms with E-state index >= 15 is 0 Å². The van der Waals surface area contributed by atoms with Crippen molar-refractivity contribution in [3.63, 3.8) is 0 Å². The molecular weight excluding hydrogens is 328 g/mol. The third kappa shape index (κ3) is 2.76. The lowest BCUT2D eigenvalue weighted by Gasteiger charge is -2.11. The standard InChI is InChI=1S/C16H16N4O3S/c1-8-13-10(16(22)23-9(2)14(17)21)7-11(12-5-4-6-24-12)18-15(13)20(3)19-8/h4-7,9H,1-3H3,(H2,17,21)/t9-/m0/s1. The fraction of sp³-hybridized carbons (Fsp3) is 0.250. The Kier molecular flexibility index (Phi) is 4.06. The van der Waals surface area contributed by atoms with E-state index in [1.807, 2.05) is 17.5 Å². The molecule has 7 nitrogen and oxygen atoms in total. The van der Waals surface area contributed by atoms with Crippen LogP contribution in [0.25, 0.3) is 21.6 Å². The summed E-state index contributed by atoms with van der Waals surface area (Å²) in [5.41, 5.74) is 7.39. The molecule has 0 radical (unpaired) electrons. The van der Waals surface area contributed by atoms with Crippen molar-refractivity contribution < 1.29 is 14.3 Å². The summed E-state index contributed by atoms with van der Waals surface area (Å²) >= 11 is 1.52. The zero-order valence-corrected chi connectivity index (χ0v) is 14.3. The number of hydrogen-bond acceptors (Lipinski definition) is 6. The van der Waals surface area contributed by atoms with Crippen LogP contribution in [0.5, 0.6) is 0 Å². The summed E-state index contributed by atoms with van der Waals surface area (Å²) in [4.78, 5) is 29.3. The Morgan fingerprint density at radius 2 is 2.17 bits per heavy atom. The number of carbonyl (C=O) groups excluding carboxylic acids is 2. The van der Waals surface area contributed by atoms with E-state index < -0.39 is 18.0 Å². The highest BCUT2D eigenvalue weighted by Gasteiger charge is 2.23. The fourth-order valence-corrected chi connectivity index (χ4v) is 3.12. The van der Waals surface area contributed by atoms with E-state index in [0.717, 1.165) is 4.88 Å². The van der Waals surface area contributed by atoms with E-state index in [9.17, 15) is 9.59 Å². The van der Waals surface area contributed by atoms with E-state index in [-0.39, 0.29) is 0 Å². The minimum absolute atomic E-state index is 0.321. The number of hydrogen-bond donors (Lipinski definition) is 1. The molecule has 0 saturated carbocycles. The Hall–Kier alpha value is -2.74. The minimum Gasteiger partial charge on any atom is -0.449 e. The first-order valence-corrected chi connectivity index (χ1v) is 8.15. The van der Waals surface area contributed by atoms with E-state index in [0.29, 0.717) is 28.0 Å². The molecule has 8 heteroatoms. The van der Waals surface area contributed by atoms with Crippen LogP contribution in [0.3, 0.4) is 0 Å². The summed E-state index contributed by atoms with van der Waals surface area (Å²) < 4.78 is 6.79. The van der Waals surface area contributed by atoms with Crippen LogP contribution in [0.2, 0.25) is 0 Å². The van der Waals surface area contributed by atoms with Gasteiger partial charge in [0.15, 0.2) is 11.8 Å². The van der Waals surface area contributed by atoms with Crippen molar-refractivity contribution in [2.24, 2.45) is 12.8 Å². The highest BCUT2D eigenvalue weighted by molar-refractivity contribution is 7.13. The van der Waals surface area contributed by atoms with E-state index in [1.165, 1.54) is 18.3 Å². The lowest BCUT2D eigenvalue weighted by molar-refractivity contribution is -0.125. The van der Waals surface area contributed by atoms with Gasteiger partial charge in [-0.05, 0) is 31.4 Å². The van der Waals surface area contributed by atoms with E-state index in [4.69, 9.17) is 10.5 Å². The van der Waals surface area contributed by atoms with Crippen LogP contribution in [-0.2, 0) is 16.6 Å². The van der Waals surface area contributed by atoms with Gasteiger partial charge in [0, 0.05) is 7.05 Å². The molecule has 0 aliphatic heterocycles. The molecule has 3 heterocycles. The van der Waals surface area contributed by atoms with E-state index in [2.05, 4.69) is 10.1 Å². The van der Waals surface area contributed by atoms with Gasteiger partial charge in [-0.2, -0.15) is 5.10 Å². The van der Waals surface area contributed by atoms with Crippen LogP contribution in [0.1, 0.15) is 23.0 Å². The molecule has 0 saturated heterocycles. The van der Waals surface area contributed by atoms with Gasteiger partial charge in [0.1, 0.15) is 0 Å². The van der Waals surface area contributed by atoms with Gasteiger partial charge >= 0.3 is 5.97 Å². The highest BCUT2D eigenvalue weighted by atomic mass is 32.1. The van der Waals surface area contributed by atoms with Gasteiger partial charge in [-0.3, -0.25) is 9.48 Å². The van der Waals surface area contributed by atoms with Gasteiger partial charge in [0.05, 0.1) is 27.2 Å². The Morgan fingerprint density at radius 3 is 2.79 bits per heavy atom. The second-order valence-corrected chi connectivity index (χ2v) is 6.34. The normalized spacial score (nSPS) is 12.3. The SMILES string of the molecule is Cc1nn(C)c2nc(-c3cccs3)cc(C(=O)O[C@@H](C)C(N)=O)c12. The van der Waals surface area contributed by atoms with Gasteiger partial charge in [-0.25, -0.2) is 9.78 Å². The molecule has 0 bridgehead atoms. The molecule has 124 valence electrons. The Labute approximate surface area is 142 Å². The van der Waals surface area contributed by atoms with Crippen LogP contribution in [0, 0.1) is 6.92 Å². The monoisotopic (exact) mass is 344 g/mol. The fourth-order valence-electron chi connectivity index (χ4n) is 2.44. The Balaban J connectivity index is 2.17. The first-order chi connectivity index (χ1) is 11.4. The summed E-state index contributed by atoms with van der Waals surface area (Å²) in [6.45, 7) is 3.23. The van der Waals surface area contributed by atoms with Crippen LogP contribution >= 0.6 is 11.3 Å². The van der Waals surface area contributed by atoms with Crippen molar-refractivity contribution in [3.05, 3.63) is 34.8 Å². The van der Waals surface area contributed by atoms with Gasteiger partial charge in [0.2, 0.25) is 0 Å². The molecule has 24 heavy (non-hydrogen) atoms. The topological polar surface area (TPSA) is 100 Å². The van der Waals surface area contributed by atoms with Crippen LogP contribution in [-0.4, -0.2) is 32.7 Å². The zero-order chi connectivity index (χ0) is 17.4. The Morgan fingerprint density at radius 1 is 1.42 bits per heavy atom. The number of pyridine rings is 1. The number of ether oxygens (including phenoxy) is 1. The van der Waals surface area contributed by atoms with Crippen molar-refractivity contribution in [1.82, 2.24) is 14.8 Å². The molecule has 3 aromatic heterocycles. The van der Waals surface area contributed by atoms with Gasteiger partial charge in [-0.1, -0.05) is 6.07 Å². The predicted molar refractivity (Wildman–Crippen MR) is 90.6 cm³/mol. The van der Waals surface area contributed by atoms with Crippen molar-refractivity contribution in [2.75, 3.05) is 0 Å². The molecular formula is C16H16N4O3S. The third-order valence-corrected chi connectivity index (χ3v) is 4.54. The molecule has 3 rings (SSSR count). The van der Waals surface area contributed by atoms with E-state index in [1.54, 1.807) is 24.7 Å². The smallest absolute Gasteiger partial charge is 0.339 e. The predicted octanol–water partition coefficient (Wildman–Crippen LogP) is 2.04. The van der Waals surface area contributed by atoms with Gasteiger partial charge in [-0.15, -0.1) is 11.3 Å². The van der Waals surface area contributed by atoms with Crippen molar-refractivity contribution in [2.45, 2.75) is 20.0 Å². The number of fused-ring (bicyclic) bond motifs is 1. The lowest BCUT2D eigenvalue weighted by atomic mass is 10.1. The summed E-state index contributed by atoms with van der Waals surface area (Å²) in [6.07, 6.45) is -1.01. The molecule has 0 unspecified atom stereocenters. The zero-order valence-electron chi connectivity index (χ0n) is 13.4. The van der Waals surface area contributed by atoms with Gasteiger partial charge < -0.3 is 10.5 Å². The second-order valence-electron chi connectivity index (χ2n) is 5.39. The van der Waals surface area contributed by atoms with Crippen LogP contribution < -0.4 is 5.73 Å². The van der Waals surface area contributed by atoms with Gasteiger partial charge in [0.25, 0.3) is 5.91 Å². The largest absolute Gasteiger partial charge is 0.449 e. The molecule has 1 atom stereocenters. The molecule has 0 aromatic carbocycles. The number of nitrogens with two attached hydrogens (primary N) is 1. The van der Waals surface area contributed by atoms with Crippen molar-refractivity contribution >= 4 is 34.2 Å². The quantitative estimate of drug-likeness (QED) is 0.730. The number of amides is 1. The number of thiophene rings is 1. The number of esters is 1. The maximum Gasteiger partial charge on any atom is 0.339 e. The van der Waals surface area contributed by atoms with Crippen molar-refractivity contribution in [3.8, 4) is 10.6 Å². The lowest BCUT2D eigenvalue weighted by Crippen LogP contribution is -2.30. The van der Waals surface area contributed by atoms with Crippen molar-refractivity contribution in [1.29, 1.82) is 0 Å². The average Bonchev–Trinajstić information content (AvgIpc) is 3.15. The summed E-state index contributed by atoms with van der Waals surface area (Å²) in [5.74, 6) is -1.32. The summed E-state index contributed by atoms with van der Waals surface area (Å²) in [6, 6.07) is 5.50. The number of primary amides is 1. The third-order valence-electron chi connectivity index (χ3n) is 3.65. The van der Waals surface area contributed by atoms with Crippen LogP contribution in [0.15, 0.2) is 23.6 Å². The molecule has 0 aliphatic carbocycles. The molecule has 0 spiro atoms. The molecule has 3 aromatic rings. The number of carbonyl (C=O) groups is 2. The number of aromatic nitrogens is 3. The molecule has 1 amide bonds. The minimum atomic E-state index is -1.01. The molecule has 0 aliphatic rings. The number of rotatable bonds is 4. The Bertz CT molecular complexity index is 931. The molecule has 0 fully saturated rings. The maximum atomic E-state index is 12.6. The number of aryl methyl sites for hydroxylation is 2. The number of nitrogens with zero attached hydrogens (tertiary/aromatic N) is 3. The maximum absolute atomic E-state index is 12.6. The molecule has 2 N–H and O–H groups in total.